The van der Waals surface area contributed by atoms with Gasteiger partial charge in [-0.1, -0.05) is 29.8 Å². The topological polar surface area (TPSA) is 96.6 Å². The van der Waals surface area contributed by atoms with Crippen molar-refractivity contribution in [3.63, 3.8) is 0 Å². The van der Waals surface area contributed by atoms with E-state index in [2.05, 4.69) is 15.5 Å². The molecule has 7 nitrogen and oxygen atoms in total. The highest BCUT2D eigenvalue weighted by Gasteiger charge is 2.14. The van der Waals surface area contributed by atoms with Crippen LogP contribution in [-0.2, 0) is 11.3 Å². The lowest BCUT2D eigenvalue weighted by Gasteiger charge is -2.05. The fraction of sp³-hybridized carbons (Fsp3) is 0.0909. The third-order valence-electron chi connectivity index (χ3n) is 4.53. The first-order valence-corrected chi connectivity index (χ1v) is 10.0. The lowest BCUT2D eigenvalue weighted by molar-refractivity contribution is -0.121. The zero-order valence-electron chi connectivity index (χ0n) is 16.1. The largest absolute Gasteiger partial charge is 0.508 e. The number of phenols is 1. The highest BCUT2D eigenvalue weighted by molar-refractivity contribution is 7.17. The molecule has 2 aromatic heterocycles. The van der Waals surface area contributed by atoms with E-state index < -0.39 is 5.91 Å². The van der Waals surface area contributed by atoms with Crippen molar-refractivity contribution >= 4 is 33.7 Å². The van der Waals surface area contributed by atoms with E-state index in [1.54, 1.807) is 12.1 Å². The van der Waals surface area contributed by atoms with Crippen LogP contribution in [0.25, 0.3) is 21.3 Å². The van der Waals surface area contributed by atoms with E-state index in [0.29, 0.717) is 10.2 Å². The van der Waals surface area contributed by atoms with Crippen molar-refractivity contribution in [2.75, 3.05) is 0 Å². The summed E-state index contributed by atoms with van der Waals surface area (Å²) in [6, 6.07) is 14.3. The molecule has 0 unspecified atom stereocenters. The fourth-order valence-corrected chi connectivity index (χ4v) is 3.86. The van der Waals surface area contributed by atoms with Crippen LogP contribution in [0.15, 0.2) is 70.1 Å². The Kier molecular flexibility index (Phi) is 5.40. The number of rotatable bonds is 5. The minimum Gasteiger partial charge on any atom is -0.508 e. The molecule has 30 heavy (non-hydrogen) atoms. The van der Waals surface area contributed by atoms with Crippen LogP contribution in [-0.4, -0.2) is 26.8 Å². The highest BCUT2D eigenvalue weighted by Crippen LogP contribution is 2.30. The van der Waals surface area contributed by atoms with Crippen molar-refractivity contribution in [3.8, 4) is 16.9 Å². The Hall–Kier alpha value is -3.78. The van der Waals surface area contributed by atoms with Gasteiger partial charge < -0.3 is 5.11 Å². The molecule has 4 rings (SSSR count). The van der Waals surface area contributed by atoms with E-state index >= 15 is 0 Å². The number of fused-ring (bicyclic) bond motifs is 1. The SMILES string of the molecule is Cc1ccc(-c2csc3ncn(CC(=O)N/N=C\c4ccc(O)cc4)c(=O)c23)cc1. The number of phenolic OH excluding ortho intramolecular Hbond substituents is 1. The summed E-state index contributed by atoms with van der Waals surface area (Å²) in [5.41, 5.74) is 5.73. The number of nitrogens with zero attached hydrogens (tertiary/aromatic N) is 3. The molecule has 0 bridgehead atoms. The maximum Gasteiger partial charge on any atom is 0.263 e. The Morgan fingerprint density at radius 1 is 1.20 bits per heavy atom. The molecule has 0 atom stereocenters. The van der Waals surface area contributed by atoms with Gasteiger partial charge in [0.05, 0.1) is 17.9 Å². The molecule has 0 aliphatic rings. The fourth-order valence-electron chi connectivity index (χ4n) is 2.96. The highest BCUT2D eigenvalue weighted by atomic mass is 32.1. The Morgan fingerprint density at radius 2 is 1.93 bits per heavy atom. The minimum atomic E-state index is -0.444. The van der Waals surface area contributed by atoms with Gasteiger partial charge in [0.25, 0.3) is 11.5 Å². The van der Waals surface area contributed by atoms with Gasteiger partial charge in [0, 0.05) is 10.9 Å². The first-order chi connectivity index (χ1) is 14.5. The number of aromatic hydroxyl groups is 1. The average molecular weight is 418 g/mol. The number of carbonyl (C=O) groups excluding carboxylic acids is 1. The van der Waals surface area contributed by atoms with Crippen LogP contribution in [0.4, 0.5) is 0 Å². The first-order valence-electron chi connectivity index (χ1n) is 9.16. The summed E-state index contributed by atoms with van der Waals surface area (Å²) in [5.74, 6) is -0.294. The lowest BCUT2D eigenvalue weighted by Crippen LogP contribution is -2.30. The predicted octanol–water partition coefficient (Wildman–Crippen LogP) is 3.29. The van der Waals surface area contributed by atoms with E-state index in [0.717, 1.165) is 22.3 Å². The normalized spacial score (nSPS) is 11.2. The molecule has 2 aromatic carbocycles. The number of benzene rings is 2. The standard InChI is InChI=1S/C22H18N4O3S/c1-14-2-6-16(7-3-14)18-12-30-21-20(18)22(29)26(13-23-21)11-19(28)25-24-10-15-4-8-17(27)9-5-15/h2-10,12-13,27H,11H2,1H3,(H,25,28)/b24-10-. The van der Waals surface area contributed by atoms with Gasteiger partial charge in [-0.25, -0.2) is 10.4 Å². The summed E-state index contributed by atoms with van der Waals surface area (Å²) in [7, 11) is 0. The number of aromatic nitrogens is 2. The van der Waals surface area contributed by atoms with Crippen molar-refractivity contribution in [2.45, 2.75) is 13.5 Å². The summed E-state index contributed by atoms with van der Waals surface area (Å²) < 4.78 is 1.28. The number of hydrazone groups is 1. The maximum absolute atomic E-state index is 13.0. The second kappa shape index (κ2) is 8.30. The summed E-state index contributed by atoms with van der Waals surface area (Å²) >= 11 is 1.40. The number of amides is 1. The molecule has 0 fully saturated rings. The van der Waals surface area contributed by atoms with Gasteiger partial charge in [0.2, 0.25) is 0 Å². The van der Waals surface area contributed by atoms with Gasteiger partial charge in [-0.15, -0.1) is 11.3 Å². The molecule has 150 valence electrons. The number of aryl methyl sites for hydroxylation is 1. The molecule has 0 saturated heterocycles. The van der Waals surface area contributed by atoms with E-state index in [1.807, 2.05) is 36.6 Å². The summed E-state index contributed by atoms with van der Waals surface area (Å²) in [6.07, 6.45) is 2.83. The quantitative estimate of drug-likeness (QED) is 0.384. The molecule has 0 spiro atoms. The van der Waals surface area contributed by atoms with Crippen LogP contribution < -0.4 is 11.0 Å². The van der Waals surface area contributed by atoms with E-state index in [1.165, 1.54) is 40.6 Å². The minimum absolute atomic E-state index is 0.150. The molecule has 0 saturated carbocycles. The molecule has 0 aliphatic carbocycles. The summed E-state index contributed by atoms with van der Waals surface area (Å²) in [4.78, 5) is 30.2. The van der Waals surface area contributed by atoms with Crippen LogP contribution in [0.1, 0.15) is 11.1 Å². The van der Waals surface area contributed by atoms with Gasteiger partial charge >= 0.3 is 0 Å². The lowest BCUT2D eigenvalue weighted by atomic mass is 10.1. The zero-order chi connectivity index (χ0) is 21.1. The van der Waals surface area contributed by atoms with Gasteiger partial charge in [0.1, 0.15) is 17.1 Å². The Balaban J connectivity index is 1.54. The van der Waals surface area contributed by atoms with E-state index in [-0.39, 0.29) is 17.9 Å². The molecule has 4 aromatic rings. The van der Waals surface area contributed by atoms with Gasteiger partial charge in [-0.2, -0.15) is 5.10 Å². The van der Waals surface area contributed by atoms with Gasteiger partial charge in [0.15, 0.2) is 0 Å². The van der Waals surface area contributed by atoms with Crippen molar-refractivity contribution in [1.29, 1.82) is 0 Å². The maximum atomic E-state index is 13.0. The van der Waals surface area contributed by atoms with Crippen LogP contribution in [0.2, 0.25) is 0 Å². The van der Waals surface area contributed by atoms with Crippen LogP contribution >= 0.6 is 11.3 Å². The molecule has 2 heterocycles. The molecular weight excluding hydrogens is 400 g/mol. The number of hydrogen-bond donors (Lipinski definition) is 2. The first kappa shape index (κ1) is 19.5. The Labute approximate surface area is 176 Å². The number of nitrogens with one attached hydrogen (secondary N) is 1. The van der Waals surface area contributed by atoms with E-state index in [4.69, 9.17) is 0 Å². The predicted molar refractivity (Wildman–Crippen MR) is 118 cm³/mol. The second-order valence-electron chi connectivity index (χ2n) is 6.76. The van der Waals surface area contributed by atoms with E-state index in [9.17, 15) is 14.7 Å². The molecule has 0 aliphatic heterocycles. The Morgan fingerprint density at radius 3 is 2.67 bits per heavy atom. The van der Waals surface area contributed by atoms with Crippen LogP contribution in [0.3, 0.4) is 0 Å². The third kappa shape index (κ3) is 4.13. The Bertz CT molecular complexity index is 1290. The zero-order valence-corrected chi connectivity index (χ0v) is 16.9. The van der Waals surface area contributed by atoms with Crippen LogP contribution in [0.5, 0.6) is 5.75 Å². The smallest absolute Gasteiger partial charge is 0.263 e. The van der Waals surface area contributed by atoms with Gasteiger partial charge in [-0.3, -0.25) is 14.2 Å². The average Bonchev–Trinajstić information content (AvgIpc) is 3.17. The molecule has 1 amide bonds. The molecular formula is C22H18N4O3S. The van der Waals surface area contributed by atoms with Crippen molar-refractivity contribution in [2.24, 2.45) is 5.10 Å². The van der Waals surface area contributed by atoms with Crippen molar-refractivity contribution in [1.82, 2.24) is 15.0 Å². The summed E-state index contributed by atoms with van der Waals surface area (Å²) in [6.45, 7) is 1.81. The number of thiophene rings is 1. The third-order valence-corrected chi connectivity index (χ3v) is 5.42. The number of carbonyl (C=O) groups is 1. The summed E-state index contributed by atoms with van der Waals surface area (Å²) in [5, 5.41) is 15.6. The number of hydrogen-bond acceptors (Lipinski definition) is 6. The molecule has 8 heteroatoms. The monoisotopic (exact) mass is 418 g/mol. The molecule has 2 N–H and O–H groups in total. The second-order valence-corrected chi connectivity index (χ2v) is 7.62. The van der Waals surface area contributed by atoms with Gasteiger partial charge in [-0.05, 0) is 42.3 Å². The van der Waals surface area contributed by atoms with Crippen molar-refractivity contribution in [3.05, 3.63) is 81.7 Å². The van der Waals surface area contributed by atoms with Crippen LogP contribution in [0, 0.1) is 6.92 Å². The molecule has 0 radical (unpaired) electrons. The van der Waals surface area contributed by atoms with Crippen molar-refractivity contribution < 1.29 is 9.90 Å².